The van der Waals surface area contributed by atoms with Crippen molar-refractivity contribution >= 4 is 23.3 Å². The van der Waals surface area contributed by atoms with Crippen LogP contribution in [0.2, 0.25) is 0 Å². The normalized spacial score (nSPS) is 17.1. The van der Waals surface area contributed by atoms with Crippen molar-refractivity contribution in [3.63, 3.8) is 0 Å². The van der Waals surface area contributed by atoms with Crippen LogP contribution < -0.4 is 15.4 Å². The molecule has 0 bridgehead atoms. The molecule has 13 heteroatoms. The van der Waals surface area contributed by atoms with Crippen molar-refractivity contribution in [3.05, 3.63) is 47.5 Å². The highest BCUT2D eigenvalue weighted by Gasteiger charge is 2.46. The van der Waals surface area contributed by atoms with E-state index in [0.29, 0.717) is 5.56 Å². The molecule has 1 aromatic heterocycles. The van der Waals surface area contributed by atoms with Gasteiger partial charge in [0.1, 0.15) is 6.04 Å². The van der Waals surface area contributed by atoms with Gasteiger partial charge < -0.3 is 15.4 Å². The Balaban J connectivity index is 1.99. The quantitative estimate of drug-likeness (QED) is 0.453. The lowest BCUT2D eigenvalue weighted by Crippen LogP contribution is -2.34. The Labute approximate surface area is 164 Å². The fourth-order valence-electron chi connectivity index (χ4n) is 2.84. The van der Waals surface area contributed by atoms with Crippen LogP contribution in [0.3, 0.4) is 0 Å². The minimum atomic E-state index is -5.50. The van der Waals surface area contributed by atoms with Gasteiger partial charge in [-0.3, -0.25) is 9.78 Å². The Morgan fingerprint density at radius 2 is 1.87 bits per heavy atom. The maximum atomic E-state index is 14.4. The average molecular weight is 434 g/mol. The summed E-state index contributed by atoms with van der Waals surface area (Å²) < 4.78 is 82.4. The Hall–Kier alpha value is -3.51. The zero-order valence-corrected chi connectivity index (χ0v) is 15.0. The van der Waals surface area contributed by atoms with Crippen LogP contribution in [0.1, 0.15) is 12.5 Å². The second-order valence-corrected chi connectivity index (χ2v) is 6.22. The van der Waals surface area contributed by atoms with Gasteiger partial charge in [-0.25, -0.2) is 18.5 Å². The summed E-state index contributed by atoms with van der Waals surface area (Å²) in [6.45, 7) is 1.07. The number of halogens is 6. The lowest BCUT2D eigenvalue weighted by Gasteiger charge is -2.20. The van der Waals surface area contributed by atoms with Crippen LogP contribution >= 0.6 is 0 Å². The second-order valence-electron chi connectivity index (χ2n) is 6.22. The Bertz CT molecular complexity index is 1030. The molecule has 1 saturated heterocycles. The molecular formula is C17H12F6N4O3. The molecule has 1 atom stereocenters. The van der Waals surface area contributed by atoms with E-state index in [4.69, 9.17) is 5.73 Å². The molecule has 0 saturated carbocycles. The van der Waals surface area contributed by atoms with E-state index in [0.717, 1.165) is 4.90 Å². The fraction of sp³-hybridized carbons (Fsp3) is 0.235. The average Bonchev–Trinajstić information content (AvgIpc) is 2.86. The highest BCUT2D eigenvalue weighted by atomic mass is 19.4. The molecule has 1 aromatic carbocycles. The molecule has 3 amide bonds. The molecule has 2 aromatic rings. The number of alkyl halides is 3. The third-order valence-electron chi connectivity index (χ3n) is 4.33. The summed E-state index contributed by atoms with van der Waals surface area (Å²) in [5, 5.41) is 0. The first-order valence-corrected chi connectivity index (χ1v) is 8.18. The lowest BCUT2D eigenvalue weighted by molar-refractivity contribution is -0.276. The number of amides is 3. The van der Waals surface area contributed by atoms with Gasteiger partial charge in [0, 0.05) is 12.3 Å². The van der Waals surface area contributed by atoms with Gasteiger partial charge >= 0.3 is 12.4 Å². The van der Waals surface area contributed by atoms with Gasteiger partial charge in [-0.15, -0.1) is 13.2 Å². The summed E-state index contributed by atoms with van der Waals surface area (Å²) in [6.07, 6.45) is -2.82. The number of carbonyl (C=O) groups is 2. The van der Waals surface area contributed by atoms with Gasteiger partial charge in [-0.2, -0.15) is 4.39 Å². The van der Waals surface area contributed by atoms with Crippen molar-refractivity contribution in [2.45, 2.75) is 25.9 Å². The molecule has 160 valence electrons. The summed E-state index contributed by atoms with van der Waals surface area (Å²) in [4.78, 5) is 30.0. The summed E-state index contributed by atoms with van der Waals surface area (Å²) in [6, 6.07) is -0.787. The molecule has 7 nitrogen and oxygen atoms in total. The lowest BCUT2D eigenvalue weighted by atomic mass is 10.2. The SMILES string of the molecule is CC1C(=O)N(c2cc(F)c(OC(F)(F)F)c(F)c2F)C(=O)N1Cc1ccncc1N. The molecule has 1 aliphatic heterocycles. The molecule has 2 heterocycles. The molecule has 1 aliphatic rings. The molecule has 2 N–H and O–H groups in total. The van der Waals surface area contributed by atoms with Gasteiger partial charge in [0.05, 0.1) is 24.1 Å². The zero-order chi connectivity index (χ0) is 22.4. The number of hydrogen-bond donors (Lipinski definition) is 1. The number of nitrogens with zero attached hydrogens (tertiary/aromatic N) is 3. The van der Waals surface area contributed by atoms with Crippen molar-refractivity contribution in [3.8, 4) is 5.75 Å². The number of benzene rings is 1. The first-order chi connectivity index (χ1) is 13.9. The molecule has 0 spiro atoms. The molecule has 1 fully saturated rings. The number of pyridine rings is 1. The van der Waals surface area contributed by atoms with Gasteiger partial charge in [-0.05, 0) is 18.6 Å². The molecule has 1 unspecified atom stereocenters. The van der Waals surface area contributed by atoms with Crippen molar-refractivity contribution < 1.29 is 40.7 Å². The Morgan fingerprint density at radius 1 is 1.20 bits per heavy atom. The third kappa shape index (κ3) is 3.69. The highest BCUT2D eigenvalue weighted by molar-refractivity contribution is 6.21. The van der Waals surface area contributed by atoms with Gasteiger partial charge in [0.2, 0.25) is 11.6 Å². The number of imide groups is 1. The van der Waals surface area contributed by atoms with Crippen molar-refractivity contribution in [2.24, 2.45) is 0 Å². The number of nitrogens with two attached hydrogens (primary N) is 1. The zero-order valence-electron chi connectivity index (χ0n) is 15.0. The minimum Gasteiger partial charge on any atom is -0.399 e. The Morgan fingerprint density at radius 3 is 2.47 bits per heavy atom. The first-order valence-electron chi connectivity index (χ1n) is 8.18. The van der Waals surface area contributed by atoms with Crippen molar-refractivity contribution in [2.75, 3.05) is 10.6 Å². The van der Waals surface area contributed by atoms with Crippen LogP contribution in [0, 0.1) is 17.5 Å². The number of rotatable bonds is 4. The van der Waals surface area contributed by atoms with Crippen molar-refractivity contribution in [1.29, 1.82) is 0 Å². The van der Waals surface area contributed by atoms with E-state index in [1.807, 2.05) is 0 Å². The van der Waals surface area contributed by atoms with Gasteiger partial charge in [0.15, 0.2) is 11.6 Å². The van der Waals surface area contributed by atoms with Crippen LogP contribution in [0.15, 0.2) is 24.5 Å². The van der Waals surface area contributed by atoms with E-state index in [1.165, 1.54) is 25.4 Å². The summed E-state index contributed by atoms with van der Waals surface area (Å²) in [7, 11) is 0. The standard InChI is InChI=1S/C17H12F6N4O3/c1-7-15(28)27(16(29)26(7)6-8-2-3-25-5-10(8)24)11-4-9(18)14(13(20)12(11)19)30-17(21,22)23/h2-5,7H,6,24H2,1H3. The number of urea groups is 1. The van der Waals surface area contributed by atoms with E-state index < -0.39 is 53.2 Å². The van der Waals surface area contributed by atoms with E-state index >= 15 is 0 Å². The molecule has 30 heavy (non-hydrogen) atoms. The van der Waals surface area contributed by atoms with Crippen molar-refractivity contribution in [1.82, 2.24) is 9.88 Å². The number of hydrogen-bond acceptors (Lipinski definition) is 5. The number of ether oxygens (including phenoxy) is 1. The number of aromatic nitrogens is 1. The second kappa shape index (κ2) is 7.39. The number of carbonyl (C=O) groups excluding carboxylic acids is 2. The van der Waals surface area contributed by atoms with Crippen LogP contribution in [0.25, 0.3) is 0 Å². The summed E-state index contributed by atoms with van der Waals surface area (Å²) in [5.74, 6) is -9.44. The topological polar surface area (TPSA) is 88.8 Å². The largest absolute Gasteiger partial charge is 0.573 e. The molecule has 0 aliphatic carbocycles. The predicted octanol–water partition coefficient (Wildman–Crippen LogP) is 3.34. The first kappa shape index (κ1) is 21.2. The Kier molecular flexibility index (Phi) is 5.22. The fourth-order valence-corrected chi connectivity index (χ4v) is 2.84. The molecule has 0 radical (unpaired) electrons. The third-order valence-corrected chi connectivity index (χ3v) is 4.33. The smallest absolute Gasteiger partial charge is 0.399 e. The van der Waals surface area contributed by atoms with E-state index in [1.54, 1.807) is 0 Å². The van der Waals surface area contributed by atoms with Crippen LogP contribution in [0.4, 0.5) is 42.5 Å². The monoisotopic (exact) mass is 434 g/mol. The van der Waals surface area contributed by atoms with Gasteiger partial charge in [-0.1, -0.05) is 0 Å². The number of anilines is 2. The van der Waals surface area contributed by atoms with E-state index in [2.05, 4.69) is 9.72 Å². The van der Waals surface area contributed by atoms with E-state index in [9.17, 15) is 35.9 Å². The number of nitrogen functional groups attached to an aromatic ring is 1. The van der Waals surface area contributed by atoms with Gasteiger partial charge in [0.25, 0.3) is 5.91 Å². The van der Waals surface area contributed by atoms with Crippen LogP contribution in [-0.2, 0) is 11.3 Å². The maximum Gasteiger partial charge on any atom is 0.573 e. The van der Waals surface area contributed by atoms with E-state index in [-0.39, 0.29) is 23.2 Å². The highest BCUT2D eigenvalue weighted by Crippen LogP contribution is 2.37. The van der Waals surface area contributed by atoms with Crippen LogP contribution in [0.5, 0.6) is 5.75 Å². The minimum absolute atomic E-state index is 0.0757. The summed E-state index contributed by atoms with van der Waals surface area (Å²) >= 11 is 0. The predicted molar refractivity (Wildman–Crippen MR) is 89.5 cm³/mol. The maximum absolute atomic E-state index is 14.4. The molecular weight excluding hydrogens is 422 g/mol. The summed E-state index contributed by atoms with van der Waals surface area (Å²) in [5.41, 5.74) is 5.14. The van der Waals surface area contributed by atoms with Crippen LogP contribution in [-0.4, -0.2) is 34.2 Å². The molecule has 3 rings (SSSR count).